The molecule has 2 atom stereocenters. The first-order valence-corrected chi connectivity index (χ1v) is 12.2. The normalized spacial score (nSPS) is 22.1. The number of amides is 2. The van der Waals surface area contributed by atoms with E-state index in [-0.39, 0.29) is 34.0 Å². The largest absolute Gasteiger partial charge is 0.468 e. The molecule has 10 heteroatoms. The van der Waals surface area contributed by atoms with Crippen molar-refractivity contribution in [3.63, 3.8) is 0 Å². The summed E-state index contributed by atoms with van der Waals surface area (Å²) in [6.45, 7) is 3.79. The van der Waals surface area contributed by atoms with Crippen molar-refractivity contribution in [1.29, 1.82) is 0 Å². The van der Waals surface area contributed by atoms with E-state index in [0.717, 1.165) is 36.0 Å². The molecule has 3 heterocycles. The van der Waals surface area contributed by atoms with Gasteiger partial charge in [0, 0.05) is 6.54 Å². The van der Waals surface area contributed by atoms with E-state index in [1.54, 1.807) is 13.2 Å². The molecule has 2 aromatic rings. The summed E-state index contributed by atoms with van der Waals surface area (Å²) in [7, 11) is -3.74. The van der Waals surface area contributed by atoms with Gasteiger partial charge in [0.05, 0.1) is 40.2 Å². The van der Waals surface area contributed by atoms with Crippen LogP contribution in [0.5, 0.6) is 0 Å². The van der Waals surface area contributed by atoms with Crippen molar-refractivity contribution in [2.75, 3.05) is 29.7 Å². The maximum Gasteiger partial charge on any atom is 0.252 e. The van der Waals surface area contributed by atoms with Crippen LogP contribution in [0, 0.1) is 5.92 Å². The molecule has 0 spiro atoms. The third kappa shape index (κ3) is 4.35. The summed E-state index contributed by atoms with van der Waals surface area (Å²) in [5.74, 6) is -0.945. The molecule has 0 bridgehead atoms. The van der Waals surface area contributed by atoms with Crippen molar-refractivity contribution in [2.24, 2.45) is 5.92 Å². The minimum absolute atomic E-state index is 0.0756. The van der Waals surface area contributed by atoms with Gasteiger partial charge in [0.2, 0.25) is 15.9 Å². The molecule has 2 aliphatic heterocycles. The number of benzene rings is 1. The van der Waals surface area contributed by atoms with Gasteiger partial charge in [-0.15, -0.1) is 0 Å². The lowest BCUT2D eigenvalue weighted by Crippen LogP contribution is -2.36. The van der Waals surface area contributed by atoms with Gasteiger partial charge in [-0.3, -0.25) is 14.5 Å². The molecule has 0 saturated carbocycles. The van der Waals surface area contributed by atoms with Gasteiger partial charge in [0.25, 0.3) is 5.91 Å². The smallest absolute Gasteiger partial charge is 0.252 e. The molecule has 166 valence electrons. The summed E-state index contributed by atoms with van der Waals surface area (Å²) in [4.78, 5) is 27.3. The summed E-state index contributed by atoms with van der Waals surface area (Å²) in [5.41, 5.74) is 0.351. The van der Waals surface area contributed by atoms with Gasteiger partial charge in [-0.25, -0.2) is 12.7 Å². The summed E-state index contributed by atoms with van der Waals surface area (Å²) >= 11 is 6.30. The number of hydrogen-bond donors (Lipinski definition) is 1. The number of furan rings is 1. The van der Waals surface area contributed by atoms with E-state index in [4.69, 9.17) is 16.0 Å². The first-order valence-electron chi connectivity index (χ1n) is 10.2. The summed E-state index contributed by atoms with van der Waals surface area (Å²) in [6.07, 6.45) is 3.83. The van der Waals surface area contributed by atoms with Gasteiger partial charge < -0.3 is 9.73 Å². The van der Waals surface area contributed by atoms with Gasteiger partial charge in [-0.2, -0.15) is 0 Å². The van der Waals surface area contributed by atoms with E-state index in [1.165, 1.54) is 18.2 Å². The van der Waals surface area contributed by atoms with Gasteiger partial charge >= 0.3 is 0 Å². The van der Waals surface area contributed by atoms with Crippen molar-refractivity contribution in [3.05, 3.63) is 52.9 Å². The maximum atomic E-state index is 12.8. The van der Waals surface area contributed by atoms with Crippen LogP contribution < -0.4 is 9.62 Å². The van der Waals surface area contributed by atoms with Crippen LogP contribution >= 0.6 is 11.6 Å². The Morgan fingerprint density at radius 1 is 1.29 bits per heavy atom. The molecule has 2 aliphatic rings. The molecule has 1 aromatic carbocycles. The quantitative estimate of drug-likeness (QED) is 0.704. The van der Waals surface area contributed by atoms with Crippen molar-refractivity contribution in [2.45, 2.75) is 25.8 Å². The molecule has 1 aromatic heterocycles. The van der Waals surface area contributed by atoms with Crippen LogP contribution in [0.2, 0.25) is 5.02 Å². The van der Waals surface area contributed by atoms with E-state index in [0.29, 0.717) is 6.54 Å². The zero-order chi connectivity index (χ0) is 22.2. The van der Waals surface area contributed by atoms with Crippen molar-refractivity contribution >= 4 is 39.1 Å². The number of carbonyl (C=O) groups excluding carboxylic acids is 2. The van der Waals surface area contributed by atoms with Gasteiger partial charge in [-0.05, 0) is 56.3 Å². The van der Waals surface area contributed by atoms with E-state index in [9.17, 15) is 18.0 Å². The predicted molar refractivity (Wildman–Crippen MR) is 116 cm³/mol. The molecule has 2 amide bonds. The highest BCUT2D eigenvalue weighted by Crippen LogP contribution is 2.31. The van der Waals surface area contributed by atoms with Crippen LogP contribution in [0.15, 0.2) is 41.0 Å². The Balaban J connectivity index is 1.49. The zero-order valence-corrected chi connectivity index (χ0v) is 18.7. The van der Waals surface area contributed by atoms with E-state index in [1.807, 2.05) is 12.1 Å². The third-order valence-corrected chi connectivity index (χ3v) is 7.88. The fourth-order valence-electron chi connectivity index (χ4n) is 4.13. The van der Waals surface area contributed by atoms with Gasteiger partial charge in [-0.1, -0.05) is 18.5 Å². The Bertz CT molecular complexity index is 1080. The fourth-order valence-corrected chi connectivity index (χ4v) is 6.20. The molecule has 4 rings (SSSR count). The molecular weight excluding hydrogens is 442 g/mol. The van der Waals surface area contributed by atoms with Gasteiger partial charge in [0.15, 0.2) is 0 Å². The first-order chi connectivity index (χ1) is 14.8. The number of halogens is 1. The molecule has 0 aliphatic carbocycles. The lowest BCUT2D eigenvalue weighted by atomic mass is 10.1. The van der Waals surface area contributed by atoms with Crippen LogP contribution in [0.25, 0.3) is 0 Å². The van der Waals surface area contributed by atoms with Crippen molar-refractivity contribution in [1.82, 2.24) is 10.2 Å². The number of rotatable bonds is 6. The average Bonchev–Trinajstić information content (AvgIpc) is 3.45. The van der Waals surface area contributed by atoms with Crippen LogP contribution in [-0.4, -0.2) is 50.5 Å². The van der Waals surface area contributed by atoms with E-state index >= 15 is 0 Å². The van der Waals surface area contributed by atoms with E-state index < -0.39 is 21.8 Å². The minimum Gasteiger partial charge on any atom is -0.468 e. The third-order valence-electron chi connectivity index (χ3n) is 5.70. The van der Waals surface area contributed by atoms with Crippen molar-refractivity contribution in [3.8, 4) is 0 Å². The number of nitrogens with one attached hydrogen (secondary N) is 1. The zero-order valence-electron chi connectivity index (χ0n) is 17.1. The highest BCUT2D eigenvalue weighted by molar-refractivity contribution is 7.94. The predicted octanol–water partition coefficient (Wildman–Crippen LogP) is 2.81. The molecule has 2 unspecified atom stereocenters. The second kappa shape index (κ2) is 8.64. The Morgan fingerprint density at radius 3 is 2.61 bits per heavy atom. The SMILES string of the molecule is CC1CS(=O)(=O)N(c2ccc(C(=O)NCC(c3ccco3)N3CCCC3)c(Cl)c2)C1=O. The first kappa shape index (κ1) is 21.9. The Hall–Kier alpha value is -2.36. The summed E-state index contributed by atoms with van der Waals surface area (Å²) < 4.78 is 30.9. The summed E-state index contributed by atoms with van der Waals surface area (Å²) in [6, 6.07) is 7.85. The molecule has 2 fully saturated rings. The average molecular weight is 466 g/mol. The maximum absolute atomic E-state index is 12.8. The van der Waals surface area contributed by atoms with Crippen LogP contribution in [0.3, 0.4) is 0 Å². The number of likely N-dealkylation sites (tertiary alicyclic amines) is 1. The fraction of sp³-hybridized carbons (Fsp3) is 0.429. The Labute approximate surface area is 186 Å². The molecule has 0 radical (unpaired) electrons. The lowest BCUT2D eigenvalue weighted by Gasteiger charge is -2.26. The highest BCUT2D eigenvalue weighted by Gasteiger charge is 2.42. The monoisotopic (exact) mass is 465 g/mol. The van der Waals surface area contributed by atoms with Gasteiger partial charge in [0.1, 0.15) is 5.76 Å². The topological polar surface area (TPSA) is 99.9 Å². The Morgan fingerprint density at radius 2 is 2.03 bits per heavy atom. The number of sulfonamides is 1. The lowest BCUT2D eigenvalue weighted by molar-refractivity contribution is -0.119. The number of carbonyl (C=O) groups is 2. The minimum atomic E-state index is -3.74. The van der Waals surface area contributed by atoms with Crippen LogP contribution in [0.4, 0.5) is 5.69 Å². The van der Waals surface area contributed by atoms with Crippen LogP contribution in [-0.2, 0) is 14.8 Å². The molecule has 8 nitrogen and oxygen atoms in total. The second-order valence-electron chi connectivity index (χ2n) is 7.93. The molecule has 31 heavy (non-hydrogen) atoms. The second-order valence-corrected chi connectivity index (χ2v) is 10.2. The van der Waals surface area contributed by atoms with E-state index in [2.05, 4.69) is 10.2 Å². The van der Waals surface area contributed by atoms with Crippen molar-refractivity contribution < 1.29 is 22.4 Å². The number of anilines is 1. The molecule has 1 N–H and O–H groups in total. The van der Waals surface area contributed by atoms with Crippen LogP contribution in [0.1, 0.15) is 41.9 Å². The molecular formula is C21H24ClN3O5S. The number of hydrogen-bond acceptors (Lipinski definition) is 6. The summed E-state index contributed by atoms with van der Waals surface area (Å²) in [5, 5.41) is 2.98. The number of nitrogens with zero attached hydrogens (tertiary/aromatic N) is 2. The Kier molecular flexibility index (Phi) is 6.09. The standard InChI is InChI=1S/C21H24ClN3O5S/c1-14-13-31(28,29)25(21(14)27)15-6-7-16(17(22)11-15)20(26)23-12-18(19-5-4-10-30-19)24-8-2-3-9-24/h4-7,10-11,14,18H,2-3,8-9,12-13H2,1H3,(H,23,26). The molecule has 2 saturated heterocycles. The highest BCUT2D eigenvalue weighted by atomic mass is 35.5.